The zero-order chi connectivity index (χ0) is 19.2. The van der Waals surface area contributed by atoms with Crippen molar-refractivity contribution < 1.29 is 15.0 Å². The maximum absolute atomic E-state index is 12.3. The topological polar surface area (TPSA) is 72.8 Å². The molecule has 0 aliphatic carbocycles. The molecule has 2 aromatic carbocycles. The first kappa shape index (κ1) is 19.9. The van der Waals surface area contributed by atoms with Crippen LogP contribution >= 0.6 is 0 Å². The molecule has 140 valence electrons. The normalized spacial score (nSPS) is 13.1. The van der Waals surface area contributed by atoms with E-state index < -0.39 is 5.60 Å². The second-order valence-corrected chi connectivity index (χ2v) is 7.00. The maximum Gasteiger partial charge on any atom is 0.251 e. The third-order valence-electron chi connectivity index (χ3n) is 4.35. The van der Waals surface area contributed by atoms with E-state index in [0.29, 0.717) is 18.4 Å². The number of rotatable bonds is 8. The molecule has 5 heteroatoms. The van der Waals surface area contributed by atoms with Crippen molar-refractivity contribution in [3.05, 3.63) is 54.1 Å². The summed E-state index contributed by atoms with van der Waals surface area (Å²) in [6.07, 6.45) is 0.937. The lowest BCUT2D eigenvalue weighted by atomic mass is 9.99. The van der Waals surface area contributed by atoms with Gasteiger partial charge in [0.25, 0.3) is 5.91 Å². The summed E-state index contributed by atoms with van der Waals surface area (Å²) in [5, 5.41) is 21.8. The highest BCUT2D eigenvalue weighted by molar-refractivity contribution is 5.95. The molecule has 3 N–H and O–H groups in total. The van der Waals surface area contributed by atoms with E-state index in [2.05, 4.69) is 22.3 Å². The van der Waals surface area contributed by atoms with Crippen LogP contribution in [-0.4, -0.2) is 49.0 Å². The molecule has 5 nitrogen and oxygen atoms in total. The molecule has 0 aliphatic rings. The lowest BCUT2D eigenvalue weighted by molar-refractivity contribution is 0.0415. The number of carbonyl (C=O) groups excluding carboxylic acids is 1. The summed E-state index contributed by atoms with van der Waals surface area (Å²) in [6, 6.07) is 15.6. The number of nitrogens with one attached hydrogen (secondary N) is 1. The summed E-state index contributed by atoms with van der Waals surface area (Å²) >= 11 is 0. The van der Waals surface area contributed by atoms with Gasteiger partial charge < -0.3 is 20.4 Å². The van der Waals surface area contributed by atoms with Crippen molar-refractivity contribution in [3.63, 3.8) is 0 Å². The molecule has 0 bridgehead atoms. The lowest BCUT2D eigenvalue weighted by Crippen LogP contribution is -2.40. The minimum Gasteiger partial charge on any atom is -0.396 e. The van der Waals surface area contributed by atoms with Gasteiger partial charge in [-0.3, -0.25) is 4.79 Å². The summed E-state index contributed by atoms with van der Waals surface area (Å²) in [5.41, 5.74) is 2.79. The second kappa shape index (κ2) is 8.83. The van der Waals surface area contributed by atoms with E-state index in [-0.39, 0.29) is 19.1 Å². The summed E-state index contributed by atoms with van der Waals surface area (Å²) in [4.78, 5) is 14.4. The molecule has 0 aliphatic heterocycles. The van der Waals surface area contributed by atoms with Gasteiger partial charge in [-0.15, -0.1) is 0 Å². The molecule has 0 radical (unpaired) electrons. The number of benzene rings is 2. The number of carbonyl (C=O) groups is 1. The zero-order valence-corrected chi connectivity index (χ0v) is 15.7. The Morgan fingerprint density at radius 3 is 2.38 bits per heavy atom. The zero-order valence-electron chi connectivity index (χ0n) is 15.7. The molecule has 0 heterocycles. The van der Waals surface area contributed by atoms with Crippen LogP contribution in [0.3, 0.4) is 0 Å². The van der Waals surface area contributed by atoms with Crippen molar-refractivity contribution in [2.45, 2.75) is 25.4 Å². The highest BCUT2D eigenvalue weighted by Gasteiger charge is 2.21. The fourth-order valence-electron chi connectivity index (χ4n) is 2.83. The second-order valence-electron chi connectivity index (χ2n) is 7.00. The largest absolute Gasteiger partial charge is 0.396 e. The summed E-state index contributed by atoms with van der Waals surface area (Å²) < 4.78 is 0. The van der Waals surface area contributed by atoms with Crippen molar-refractivity contribution in [2.24, 2.45) is 0 Å². The van der Waals surface area contributed by atoms with Crippen LogP contribution in [0.4, 0.5) is 5.69 Å². The van der Waals surface area contributed by atoms with Crippen LogP contribution in [0.15, 0.2) is 48.5 Å². The Balaban J connectivity index is 2.07. The average molecular weight is 356 g/mol. The van der Waals surface area contributed by atoms with Crippen LogP contribution in [0.2, 0.25) is 0 Å². The quantitative estimate of drug-likeness (QED) is 0.680. The number of aliphatic hydroxyl groups excluding tert-OH is 1. The Hall–Kier alpha value is -2.37. The fraction of sp³-hybridized carbons (Fsp3) is 0.381. The Labute approximate surface area is 155 Å². The van der Waals surface area contributed by atoms with Crippen molar-refractivity contribution in [1.82, 2.24) is 5.32 Å². The van der Waals surface area contributed by atoms with Gasteiger partial charge in [-0.05, 0) is 43.5 Å². The summed E-state index contributed by atoms with van der Waals surface area (Å²) in [7, 11) is 4.01. The number of hydrogen-bond acceptors (Lipinski definition) is 4. The number of nitrogens with zero attached hydrogens (tertiary/aromatic N) is 1. The molecule has 2 aromatic rings. The van der Waals surface area contributed by atoms with E-state index in [1.54, 1.807) is 19.1 Å². The molecule has 0 saturated heterocycles. The monoisotopic (exact) mass is 356 g/mol. The number of anilines is 1. The van der Waals surface area contributed by atoms with Gasteiger partial charge in [0.1, 0.15) is 0 Å². The minimum atomic E-state index is -1.02. The summed E-state index contributed by atoms with van der Waals surface area (Å²) in [5.74, 6) is -0.221. The standard InChI is InChI=1S/C21H28N2O3/c1-21(26,13-6-14-24)15-22-20(25)17-11-9-16(10-12-17)18-7-4-5-8-19(18)23(2)3/h4-5,7-12,24,26H,6,13-15H2,1-3H3,(H,22,25)/t21-/m1/s1. The van der Waals surface area contributed by atoms with Crippen molar-refractivity contribution in [2.75, 3.05) is 32.1 Å². The molecule has 26 heavy (non-hydrogen) atoms. The Morgan fingerprint density at radius 1 is 1.12 bits per heavy atom. The van der Waals surface area contributed by atoms with Crippen LogP contribution in [0, 0.1) is 0 Å². The highest BCUT2D eigenvalue weighted by atomic mass is 16.3. The van der Waals surface area contributed by atoms with Crippen molar-refractivity contribution >= 4 is 11.6 Å². The first-order valence-corrected chi connectivity index (χ1v) is 8.82. The Morgan fingerprint density at radius 2 is 1.77 bits per heavy atom. The predicted molar refractivity (Wildman–Crippen MR) is 105 cm³/mol. The molecule has 0 spiro atoms. The van der Waals surface area contributed by atoms with Crippen molar-refractivity contribution in [1.29, 1.82) is 0 Å². The number of aliphatic hydroxyl groups is 2. The van der Waals surface area contributed by atoms with Gasteiger partial charge >= 0.3 is 0 Å². The van der Waals surface area contributed by atoms with Gasteiger partial charge in [-0.25, -0.2) is 0 Å². The van der Waals surface area contributed by atoms with Gasteiger partial charge in [0, 0.05) is 44.1 Å². The van der Waals surface area contributed by atoms with E-state index in [1.165, 1.54) is 0 Å². The van der Waals surface area contributed by atoms with E-state index in [9.17, 15) is 9.90 Å². The number of para-hydroxylation sites is 1. The molecule has 0 saturated carbocycles. The van der Waals surface area contributed by atoms with Crippen LogP contribution in [0.1, 0.15) is 30.1 Å². The van der Waals surface area contributed by atoms with Gasteiger partial charge in [0.05, 0.1) is 5.60 Å². The SMILES string of the molecule is CN(C)c1ccccc1-c1ccc(C(=O)NC[C@](C)(O)CCCO)cc1. The smallest absolute Gasteiger partial charge is 0.251 e. The van der Waals surface area contributed by atoms with E-state index in [1.807, 2.05) is 38.4 Å². The average Bonchev–Trinajstić information content (AvgIpc) is 2.64. The molecular formula is C21H28N2O3. The van der Waals surface area contributed by atoms with Crippen LogP contribution in [0.25, 0.3) is 11.1 Å². The molecule has 0 aromatic heterocycles. The molecule has 1 amide bonds. The Bertz CT molecular complexity index is 724. The first-order chi connectivity index (χ1) is 12.3. The number of hydrogen-bond donors (Lipinski definition) is 3. The molecule has 2 rings (SSSR count). The van der Waals surface area contributed by atoms with Gasteiger partial charge in [0.15, 0.2) is 0 Å². The summed E-state index contributed by atoms with van der Waals surface area (Å²) in [6.45, 7) is 1.83. The van der Waals surface area contributed by atoms with Crippen LogP contribution < -0.4 is 10.2 Å². The Kier molecular flexibility index (Phi) is 6.77. The molecule has 0 fully saturated rings. The molecular weight excluding hydrogens is 328 g/mol. The highest BCUT2D eigenvalue weighted by Crippen LogP contribution is 2.29. The predicted octanol–water partition coefficient (Wildman–Crippen LogP) is 2.67. The minimum absolute atomic E-state index is 0.0278. The fourth-order valence-corrected chi connectivity index (χ4v) is 2.83. The maximum atomic E-state index is 12.3. The lowest BCUT2D eigenvalue weighted by Gasteiger charge is -2.23. The van der Waals surface area contributed by atoms with E-state index >= 15 is 0 Å². The third-order valence-corrected chi connectivity index (χ3v) is 4.35. The molecule has 1 atom stereocenters. The van der Waals surface area contributed by atoms with Crippen molar-refractivity contribution in [3.8, 4) is 11.1 Å². The van der Waals surface area contributed by atoms with E-state index in [0.717, 1.165) is 16.8 Å². The third kappa shape index (κ3) is 5.31. The molecule has 0 unspecified atom stereocenters. The van der Waals surface area contributed by atoms with Gasteiger partial charge in [-0.2, -0.15) is 0 Å². The van der Waals surface area contributed by atoms with Gasteiger partial charge in [0.2, 0.25) is 0 Å². The number of amides is 1. The van der Waals surface area contributed by atoms with E-state index in [4.69, 9.17) is 5.11 Å². The van der Waals surface area contributed by atoms with Crippen LogP contribution in [0.5, 0.6) is 0 Å². The first-order valence-electron chi connectivity index (χ1n) is 8.82. The van der Waals surface area contributed by atoms with Crippen LogP contribution in [-0.2, 0) is 0 Å². The van der Waals surface area contributed by atoms with Gasteiger partial charge in [-0.1, -0.05) is 30.3 Å².